The highest BCUT2D eigenvalue weighted by Gasteiger charge is 2.07. The molecule has 0 fully saturated rings. The van der Waals surface area contributed by atoms with Crippen LogP contribution in [0.25, 0.3) is 0 Å². The molecule has 1 aromatic heterocycles. The molecule has 6 heteroatoms. The fourth-order valence-electron chi connectivity index (χ4n) is 2.31. The van der Waals surface area contributed by atoms with Crippen LogP contribution in [0.1, 0.15) is 21.6 Å². The summed E-state index contributed by atoms with van der Waals surface area (Å²) in [7, 11) is 0. The Kier molecular flexibility index (Phi) is 5.81. The van der Waals surface area contributed by atoms with Gasteiger partial charge in [0.25, 0.3) is 5.91 Å². The summed E-state index contributed by atoms with van der Waals surface area (Å²) < 4.78 is 12.9. The normalized spacial score (nSPS) is 10.4. The largest absolute Gasteiger partial charge is 0.380 e. The number of benzene rings is 2. The SMILES string of the molecule is O=C(NCc1ccc(F)cc1)c1ccc(NCc2ccc(Cl)cc2)cn1. The van der Waals surface area contributed by atoms with Gasteiger partial charge in [0, 0.05) is 18.1 Å². The van der Waals surface area contributed by atoms with E-state index in [2.05, 4.69) is 15.6 Å². The first-order valence-corrected chi connectivity index (χ1v) is 8.45. The molecular weight excluding hydrogens is 353 g/mol. The lowest BCUT2D eigenvalue weighted by Crippen LogP contribution is -2.23. The first-order chi connectivity index (χ1) is 12.6. The molecule has 26 heavy (non-hydrogen) atoms. The van der Waals surface area contributed by atoms with Gasteiger partial charge in [-0.15, -0.1) is 0 Å². The van der Waals surface area contributed by atoms with E-state index in [0.717, 1.165) is 16.8 Å². The average Bonchev–Trinajstić information content (AvgIpc) is 2.67. The lowest BCUT2D eigenvalue weighted by atomic mass is 10.2. The van der Waals surface area contributed by atoms with Gasteiger partial charge >= 0.3 is 0 Å². The van der Waals surface area contributed by atoms with E-state index in [0.29, 0.717) is 23.8 Å². The molecule has 0 radical (unpaired) electrons. The molecule has 132 valence electrons. The number of nitrogens with zero attached hydrogens (tertiary/aromatic N) is 1. The molecule has 2 N–H and O–H groups in total. The van der Waals surface area contributed by atoms with Crippen molar-refractivity contribution in [3.63, 3.8) is 0 Å². The molecule has 0 aliphatic rings. The van der Waals surface area contributed by atoms with E-state index in [9.17, 15) is 9.18 Å². The van der Waals surface area contributed by atoms with Crippen molar-refractivity contribution in [1.82, 2.24) is 10.3 Å². The fourth-order valence-corrected chi connectivity index (χ4v) is 2.44. The summed E-state index contributed by atoms with van der Waals surface area (Å²) in [6.45, 7) is 0.951. The van der Waals surface area contributed by atoms with E-state index in [1.54, 1.807) is 30.5 Å². The number of nitrogens with one attached hydrogen (secondary N) is 2. The molecule has 0 unspecified atom stereocenters. The summed E-state index contributed by atoms with van der Waals surface area (Å²) in [6.07, 6.45) is 1.61. The number of aromatic nitrogens is 1. The first-order valence-electron chi connectivity index (χ1n) is 8.07. The summed E-state index contributed by atoms with van der Waals surface area (Å²) in [6, 6.07) is 17.0. The molecule has 3 aromatic rings. The maximum atomic E-state index is 12.9. The Labute approximate surface area is 156 Å². The quantitative estimate of drug-likeness (QED) is 0.676. The number of hydrogen-bond donors (Lipinski definition) is 2. The van der Waals surface area contributed by atoms with Crippen molar-refractivity contribution in [1.29, 1.82) is 0 Å². The Morgan fingerprint density at radius 3 is 2.23 bits per heavy atom. The zero-order valence-corrected chi connectivity index (χ0v) is 14.6. The topological polar surface area (TPSA) is 54.0 Å². The van der Waals surface area contributed by atoms with Gasteiger partial charge in [0.2, 0.25) is 0 Å². The molecule has 1 heterocycles. The Hall–Kier alpha value is -2.92. The van der Waals surface area contributed by atoms with Crippen LogP contribution in [0.4, 0.5) is 10.1 Å². The number of pyridine rings is 1. The highest BCUT2D eigenvalue weighted by molar-refractivity contribution is 6.30. The van der Waals surface area contributed by atoms with Crippen molar-refractivity contribution in [3.05, 3.63) is 94.5 Å². The van der Waals surface area contributed by atoms with Crippen LogP contribution in [-0.2, 0) is 13.1 Å². The van der Waals surface area contributed by atoms with Crippen LogP contribution < -0.4 is 10.6 Å². The van der Waals surface area contributed by atoms with Gasteiger partial charge < -0.3 is 10.6 Å². The predicted octanol–water partition coefficient (Wildman–Crippen LogP) is 4.42. The molecule has 2 aromatic carbocycles. The Bertz CT molecular complexity index is 865. The number of carbonyl (C=O) groups is 1. The van der Waals surface area contributed by atoms with Gasteiger partial charge in [-0.3, -0.25) is 4.79 Å². The van der Waals surface area contributed by atoms with Crippen LogP contribution in [-0.4, -0.2) is 10.9 Å². The molecular formula is C20H17ClFN3O. The Morgan fingerprint density at radius 2 is 1.58 bits per heavy atom. The summed E-state index contributed by atoms with van der Waals surface area (Å²) >= 11 is 5.86. The minimum Gasteiger partial charge on any atom is -0.380 e. The molecule has 0 aliphatic heterocycles. The molecule has 0 aliphatic carbocycles. The van der Waals surface area contributed by atoms with E-state index in [1.165, 1.54) is 12.1 Å². The number of hydrogen-bond acceptors (Lipinski definition) is 3. The molecule has 0 spiro atoms. The van der Waals surface area contributed by atoms with Gasteiger partial charge in [-0.1, -0.05) is 35.9 Å². The lowest BCUT2D eigenvalue weighted by Gasteiger charge is -2.08. The Balaban J connectivity index is 1.52. The summed E-state index contributed by atoms with van der Waals surface area (Å²) in [4.78, 5) is 16.3. The zero-order valence-electron chi connectivity index (χ0n) is 13.9. The number of carbonyl (C=O) groups excluding carboxylic acids is 1. The summed E-state index contributed by atoms with van der Waals surface area (Å²) in [5.74, 6) is -0.581. The van der Waals surface area contributed by atoms with Crippen LogP contribution in [0.15, 0.2) is 66.9 Å². The minimum absolute atomic E-state index is 0.279. The third-order valence-corrected chi connectivity index (χ3v) is 4.02. The van der Waals surface area contributed by atoms with E-state index in [4.69, 9.17) is 11.6 Å². The monoisotopic (exact) mass is 369 g/mol. The molecule has 0 saturated carbocycles. The molecule has 1 amide bonds. The highest BCUT2D eigenvalue weighted by atomic mass is 35.5. The maximum Gasteiger partial charge on any atom is 0.270 e. The minimum atomic E-state index is -0.302. The second-order valence-electron chi connectivity index (χ2n) is 5.72. The van der Waals surface area contributed by atoms with Crippen molar-refractivity contribution >= 4 is 23.2 Å². The van der Waals surface area contributed by atoms with Crippen LogP contribution in [0, 0.1) is 5.82 Å². The van der Waals surface area contributed by atoms with Crippen LogP contribution in [0.5, 0.6) is 0 Å². The molecule has 0 bridgehead atoms. The third-order valence-electron chi connectivity index (χ3n) is 3.77. The number of rotatable bonds is 6. The van der Waals surface area contributed by atoms with Crippen molar-refractivity contribution in [2.24, 2.45) is 0 Å². The van der Waals surface area contributed by atoms with Crippen LogP contribution in [0.2, 0.25) is 5.02 Å². The van der Waals surface area contributed by atoms with E-state index in [1.807, 2.05) is 24.3 Å². The second kappa shape index (κ2) is 8.45. The van der Waals surface area contributed by atoms with Crippen molar-refractivity contribution in [2.75, 3.05) is 5.32 Å². The van der Waals surface area contributed by atoms with E-state index in [-0.39, 0.29) is 11.7 Å². The highest BCUT2D eigenvalue weighted by Crippen LogP contribution is 2.12. The lowest BCUT2D eigenvalue weighted by molar-refractivity contribution is 0.0946. The first kappa shape index (κ1) is 17.9. The maximum absolute atomic E-state index is 12.9. The van der Waals surface area contributed by atoms with E-state index < -0.39 is 0 Å². The Morgan fingerprint density at radius 1 is 0.923 bits per heavy atom. The summed E-state index contributed by atoms with van der Waals surface area (Å²) in [5.41, 5.74) is 3.05. The summed E-state index contributed by atoms with van der Waals surface area (Å²) in [5, 5.41) is 6.70. The number of amides is 1. The van der Waals surface area contributed by atoms with Crippen molar-refractivity contribution in [2.45, 2.75) is 13.1 Å². The molecule has 0 atom stereocenters. The van der Waals surface area contributed by atoms with Gasteiger partial charge in [-0.25, -0.2) is 9.37 Å². The molecule has 0 saturated heterocycles. The average molecular weight is 370 g/mol. The predicted molar refractivity (Wildman–Crippen MR) is 101 cm³/mol. The van der Waals surface area contributed by atoms with Crippen LogP contribution >= 0.6 is 11.6 Å². The molecule has 4 nitrogen and oxygen atoms in total. The smallest absolute Gasteiger partial charge is 0.270 e. The van der Waals surface area contributed by atoms with Gasteiger partial charge in [0.1, 0.15) is 11.5 Å². The van der Waals surface area contributed by atoms with E-state index >= 15 is 0 Å². The fraction of sp³-hybridized carbons (Fsp3) is 0.100. The van der Waals surface area contributed by atoms with Gasteiger partial charge in [0.05, 0.1) is 11.9 Å². The van der Waals surface area contributed by atoms with Gasteiger partial charge in [-0.2, -0.15) is 0 Å². The van der Waals surface area contributed by atoms with Crippen molar-refractivity contribution in [3.8, 4) is 0 Å². The second-order valence-corrected chi connectivity index (χ2v) is 6.16. The van der Waals surface area contributed by atoms with Gasteiger partial charge in [0.15, 0.2) is 0 Å². The number of anilines is 1. The standard InChI is InChI=1S/C20H17ClFN3O/c21-16-5-1-14(2-6-16)11-23-18-9-10-19(24-13-18)20(26)25-12-15-3-7-17(22)8-4-15/h1-10,13,23H,11-12H2,(H,25,26). The molecule has 3 rings (SSSR count). The third kappa shape index (κ3) is 5.04. The number of halogens is 2. The van der Waals surface area contributed by atoms with Gasteiger partial charge in [-0.05, 0) is 47.5 Å². The van der Waals surface area contributed by atoms with Crippen LogP contribution in [0.3, 0.4) is 0 Å². The zero-order chi connectivity index (χ0) is 18.4. The van der Waals surface area contributed by atoms with Crippen molar-refractivity contribution < 1.29 is 9.18 Å².